The van der Waals surface area contributed by atoms with Gasteiger partial charge in [0, 0.05) is 5.54 Å². The summed E-state index contributed by atoms with van der Waals surface area (Å²) in [5, 5.41) is 4.74. The van der Waals surface area contributed by atoms with Gasteiger partial charge in [-0.2, -0.15) is 0 Å². The molecule has 0 bridgehead atoms. The number of nitrogens with one attached hydrogen (secondary N) is 2. The second-order valence-corrected chi connectivity index (χ2v) is 3.92. The molecule has 72 valence electrons. The highest BCUT2D eigenvalue weighted by Crippen LogP contribution is 2.36. The molecule has 2 aliphatic rings. The summed E-state index contributed by atoms with van der Waals surface area (Å²) in [5.74, 6) is -0.228. The Morgan fingerprint density at radius 3 is 2.62 bits per heavy atom. The number of urea groups is 1. The Morgan fingerprint density at radius 1 is 1.46 bits per heavy atom. The second kappa shape index (κ2) is 2.70. The van der Waals surface area contributed by atoms with Gasteiger partial charge in [-0.05, 0) is 25.7 Å². The normalized spacial score (nSPS) is 29.8. The van der Waals surface area contributed by atoms with Crippen molar-refractivity contribution in [3.63, 3.8) is 0 Å². The van der Waals surface area contributed by atoms with Crippen LogP contribution in [0.4, 0.5) is 4.79 Å². The number of hydrogen-bond acceptors (Lipinski definition) is 3. The third-order valence-electron chi connectivity index (χ3n) is 2.68. The molecule has 0 aromatic heterocycles. The minimum absolute atomic E-state index is 0.0480. The monoisotopic (exact) mass is 183 g/mol. The maximum atomic E-state index is 11.1. The molecular formula is C8H13N3O2. The van der Waals surface area contributed by atoms with Crippen LogP contribution >= 0.6 is 0 Å². The van der Waals surface area contributed by atoms with Gasteiger partial charge in [0.1, 0.15) is 6.04 Å². The Labute approximate surface area is 76.0 Å². The Kier molecular flexibility index (Phi) is 1.76. The zero-order valence-electron chi connectivity index (χ0n) is 7.30. The highest BCUT2D eigenvalue weighted by atomic mass is 16.2. The number of hydrogen-bond donors (Lipinski definition) is 3. The predicted octanol–water partition coefficient (Wildman–Crippen LogP) is -0.534. The lowest BCUT2D eigenvalue weighted by molar-refractivity contribution is -0.120. The lowest BCUT2D eigenvalue weighted by Crippen LogP contribution is -2.32. The van der Waals surface area contributed by atoms with Crippen LogP contribution in [0.1, 0.15) is 25.7 Å². The van der Waals surface area contributed by atoms with Crippen LogP contribution < -0.4 is 16.4 Å². The van der Waals surface area contributed by atoms with E-state index in [1.165, 1.54) is 0 Å². The maximum Gasteiger partial charge on any atom is 0.322 e. The molecule has 1 saturated carbocycles. The number of nitrogens with two attached hydrogens (primary N) is 1. The molecule has 1 unspecified atom stereocenters. The molecule has 5 heteroatoms. The van der Waals surface area contributed by atoms with Gasteiger partial charge >= 0.3 is 6.03 Å². The van der Waals surface area contributed by atoms with E-state index in [0.717, 1.165) is 19.3 Å². The van der Waals surface area contributed by atoms with Crippen LogP contribution in [0.2, 0.25) is 0 Å². The molecule has 2 rings (SSSR count). The Hall–Kier alpha value is -1.10. The summed E-state index contributed by atoms with van der Waals surface area (Å²) in [6.45, 7) is 0. The molecule has 0 aromatic rings. The van der Waals surface area contributed by atoms with Crippen molar-refractivity contribution in [1.29, 1.82) is 0 Å². The van der Waals surface area contributed by atoms with Gasteiger partial charge in [-0.25, -0.2) is 4.79 Å². The topological polar surface area (TPSA) is 84.2 Å². The Bertz CT molecular complexity index is 260. The largest absolute Gasteiger partial charge is 0.326 e. The molecule has 1 saturated heterocycles. The molecule has 0 aromatic carbocycles. The lowest BCUT2D eigenvalue weighted by Gasteiger charge is -2.10. The first-order chi connectivity index (χ1) is 6.09. The zero-order chi connectivity index (χ0) is 9.47. The first-order valence-corrected chi connectivity index (χ1v) is 4.49. The van der Waals surface area contributed by atoms with Crippen molar-refractivity contribution in [2.75, 3.05) is 0 Å². The van der Waals surface area contributed by atoms with Gasteiger partial charge in [0.05, 0.1) is 0 Å². The van der Waals surface area contributed by atoms with Crippen LogP contribution in [0.15, 0.2) is 0 Å². The Morgan fingerprint density at radius 2 is 2.15 bits per heavy atom. The summed E-state index contributed by atoms with van der Waals surface area (Å²) in [6.07, 6.45) is 3.53. The quantitative estimate of drug-likeness (QED) is 0.514. The molecule has 1 heterocycles. The van der Waals surface area contributed by atoms with Crippen molar-refractivity contribution in [1.82, 2.24) is 10.6 Å². The molecule has 0 radical (unpaired) electrons. The van der Waals surface area contributed by atoms with Crippen LogP contribution in [-0.2, 0) is 4.79 Å². The summed E-state index contributed by atoms with van der Waals surface area (Å²) in [4.78, 5) is 21.8. The SMILES string of the molecule is NC1(CCC2NC(=O)NC2=O)CC1. The van der Waals surface area contributed by atoms with E-state index in [0.29, 0.717) is 6.42 Å². The summed E-state index contributed by atoms with van der Waals surface area (Å²) < 4.78 is 0. The fourth-order valence-electron chi connectivity index (χ4n) is 1.50. The molecule has 1 atom stereocenters. The van der Waals surface area contributed by atoms with Gasteiger partial charge in [0.15, 0.2) is 0 Å². The first kappa shape index (κ1) is 8.50. The average molecular weight is 183 g/mol. The number of amides is 3. The lowest BCUT2D eigenvalue weighted by atomic mass is 10.1. The summed E-state index contributed by atoms with van der Waals surface area (Å²) in [7, 11) is 0. The standard InChI is InChI=1S/C8H13N3O2/c9-8(3-4-8)2-1-5-6(12)11-7(13)10-5/h5H,1-4,9H2,(H2,10,11,12,13). The molecule has 0 spiro atoms. The van der Waals surface area contributed by atoms with E-state index >= 15 is 0 Å². The van der Waals surface area contributed by atoms with Gasteiger partial charge in [0.2, 0.25) is 0 Å². The zero-order valence-corrected chi connectivity index (χ0v) is 7.30. The summed E-state index contributed by atoms with van der Waals surface area (Å²) in [5.41, 5.74) is 5.81. The van der Waals surface area contributed by atoms with E-state index in [2.05, 4.69) is 10.6 Å². The first-order valence-electron chi connectivity index (χ1n) is 4.49. The van der Waals surface area contributed by atoms with Crippen molar-refractivity contribution in [3.05, 3.63) is 0 Å². The third-order valence-corrected chi connectivity index (χ3v) is 2.68. The minimum atomic E-state index is -0.392. The number of rotatable bonds is 3. The predicted molar refractivity (Wildman–Crippen MR) is 45.8 cm³/mol. The number of carbonyl (C=O) groups excluding carboxylic acids is 2. The second-order valence-electron chi connectivity index (χ2n) is 3.92. The maximum absolute atomic E-state index is 11.1. The molecule has 1 aliphatic heterocycles. The third kappa shape index (κ3) is 1.80. The molecule has 4 N–H and O–H groups in total. The van der Waals surface area contributed by atoms with Crippen LogP contribution in [-0.4, -0.2) is 23.5 Å². The fraction of sp³-hybridized carbons (Fsp3) is 0.750. The van der Waals surface area contributed by atoms with Crippen LogP contribution in [0, 0.1) is 0 Å². The Balaban J connectivity index is 1.81. The van der Waals surface area contributed by atoms with Gasteiger partial charge < -0.3 is 11.1 Å². The minimum Gasteiger partial charge on any atom is -0.326 e. The number of imide groups is 1. The van der Waals surface area contributed by atoms with E-state index in [-0.39, 0.29) is 17.5 Å². The smallest absolute Gasteiger partial charge is 0.322 e. The van der Waals surface area contributed by atoms with Crippen molar-refractivity contribution >= 4 is 11.9 Å². The fourth-order valence-corrected chi connectivity index (χ4v) is 1.50. The van der Waals surface area contributed by atoms with E-state index in [4.69, 9.17) is 5.73 Å². The molecular weight excluding hydrogens is 170 g/mol. The van der Waals surface area contributed by atoms with Crippen LogP contribution in [0.5, 0.6) is 0 Å². The average Bonchev–Trinajstić information content (AvgIpc) is 2.69. The van der Waals surface area contributed by atoms with Crippen molar-refractivity contribution in [3.8, 4) is 0 Å². The molecule has 13 heavy (non-hydrogen) atoms. The van der Waals surface area contributed by atoms with E-state index in [9.17, 15) is 9.59 Å². The molecule has 3 amide bonds. The van der Waals surface area contributed by atoms with E-state index < -0.39 is 6.03 Å². The van der Waals surface area contributed by atoms with Gasteiger partial charge in [0.25, 0.3) is 5.91 Å². The van der Waals surface area contributed by atoms with Crippen molar-refractivity contribution in [2.45, 2.75) is 37.3 Å². The number of carbonyl (C=O) groups is 2. The van der Waals surface area contributed by atoms with Crippen molar-refractivity contribution in [2.24, 2.45) is 5.73 Å². The molecule has 1 aliphatic carbocycles. The van der Waals surface area contributed by atoms with Crippen molar-refractivity contribution < 1.29 is 9.59 Å². The highest BCUT2D eigenvalue weighted by Gasteiger charge is 2.40. The van der Waals surface area contributed by atoms with E-state index in [1.807, 2.05) is 0 Å². The van der Waals surface area contributed by atoms with Crippen LogP contribution in [0.25, 0.3) is 0 Å². The van der Waals surface area contributed by atoms with Gasteiger partial charge in [-0.3, -0.25) is 10.1 Å². The highest BCUT2D eigenvalue weighted by molar-refractivity contribution is 6.04. The van der Waals surface area contributed by atoms with E-state index in [1.54, 1.807) is 0 Å². The van der Waals surface area contributed by atoms with Gasteiger partial charge in [-0.15, -0.1) is 0 Å². The summed E-state index contributed by atoms with van der Waals surface area (Å²) >= 11 is 0. The molecule has 5 nitrogen and oxygen atoms in total. The summed E-state index contributed by atoms with van der Waals surface area (Å²) in [6, 6.07) is -0.759. The van der Waals surface area contributed by atoms with Crippen LogP contribution in [0.3, 0.4) is 0 Å². The molecule has 2 fully saturated rings. The van der Waals surface area contributed by atoms with Gasteiger partial charge in [-0.1, -0.05) is 0 Å².